The molecule has 2 aliphatic rings. The van der Waals surface area contributed by atoms with Crippen LogP contribution in [0.2, 0.25) is 5.02 Å². The molecular formula is C23H26ClN4O3+. The van der Waals surface area contributed by atoms with Crippen LogP contribution in [0.15, 0.2) is 46.6 Å². The number of morpholine rings is 1. The molecule has 162 valence electrons. The average Bonchev–Trinajstić information content (AvgIpc) is 2.76. The van der Waals surface area contributed by atoms with Crippen LogP contribution in [0.25, 0.3) is 0 Å². The molecule has 0 amide bonds. The second kappa shape index (κ2) is 9.15. The van der Waals surface area contributed by atoms with E-state index in [9.17, 15) is 10.1 Å². The van der Waals surface area contributed by atoms with Gasteiger partial charge < -0.3 is 24.7 Å². The molecular weight excluding hydrogens is 416 g/mol. The van der Waals surface area contributed by atoms with Gasteiger partial charge >= 0.3 is 0 Å². The standard InChI is InChI=1S/C23H25ClN4O3/c1-15-12-19-21(23(29)28(15)7-3-6-27-8-10-30-11-9-27)20(18(14-25)22(26)31-19)16-4-2-5-17(24)13-16/h2,4-5,12-13,20H,3,6-11,26H2,1H3/p+1/t20-/m1/s1. The number of ether oxygens (including phenoxy) is 2. The SMILES string of the molecule is Cc1cc2c(c(=O)n1CCC[NH+]1CCOCC1)[C@H](c1cccc(Cl)c1)C(C#N)=C(N)O2. The van der Waals surface area contributed by atoms with Crippen molar-refractivity contribution >= 4 is 11.6 Å². The maximum atomic E-state index is 13.6. The fourth-order valence-electron chi connectivity index (χ4n) is 4.38. The van der Waals surface area contributed by atoms with Crippen LogP contribution in [0.1, 0.15) is 29.2 Å². The van der Waals surface area contributed by atoms with E-state index in [0.29, 0.717) is 22.9 Å². The molecule has 4 rings (SSSR count). The number of aryl methyl sites for hydroxylation is 1. The third-order valence-corrected chi connectivity index (χ3v) is 6.22. The van der Waals surface area contributed by atoms with Crippen LogP contribution >= 0.6 is 11.6 Å². The highest BCUT2D eigenvalue weighted by Gasteiger charge is 2.34. The summed E-state index contributed by atoms with van der Waals surface area (Å²) in [6.45, 7) is 7.05. The number of nitrogens with two attached hydrogens (primary N) is 1. The molecule has 2 aliphatic heterocycles. The van der Waals surface area contributed by atoms with Crippen molar-refractivity contribution in [3.63, 3.8) is 0 Å². The zero-order valence-corrected chi connectivity index (χ0v) is 18.2. The lowest BCUT2D eigenvalue weighted by molar-refractivity contribution is -0.908. The Hall–Kier alpha value is -2.79. The summed E-state index contributed by atoms with van der Waals surface area (Å²) in [5.74, 6) is -0.192. The number of rotatable bonds is 5. The minimum Gasteiger partial charge on any atom is -0.440 e. The summed E-state index contributed by atoms with van der Waals surface area (Å²) in [5, 5.41) is 10.3. The number of nitriles is 1. The molecule has 3 N–H and O–H groups in total. The first-order valence-electron chi connectivity index (χ1n) is 10.5. The van der Waals surface area contributed by atoms with E-state index in [4.69, 9.17) is 26.8 Å². The summed E-state index contributed by atoms with van der Waals surface area (Å²) in [6.07, 6.45) is 0.876. The van der Waals surface area contributed by atoms with E-state index in [2.05, 4.69) is 6.07 Å². The number of benzene rings is 1. The first-order valence-corrected chi connectivity index (χ1v) is 10.9. The van der Waals surface area contributed by atoms with Gasteiger partial charge in [0.05, 0.1) is 31.2 Å². The Kier molecular flexibility index (Phi) is 6.33. The van der Waals surface area contributed by atoms with Crippen molar-refractivity contribution in [2.24, 2.45) is 5.73 Å². The predicted octanol–water partition coefficient (Wildman–Crippen LogP) is 1.33. The monoisotopic (exact) mass is 441 g/mol. The summed E-state index contributed by atoms with van der Waals surface area (Å²) in [6, 6.07) is 11.1. The molecule has 1 atom stereocenters. The fraction of sp³-hybridized carbons (Fsp3) is 0.391. The highest BCUT2D eigenvalue weighted by Crippen LogP contribution is 2.40. The molecule has 1 fully saturated rings. The van der Waals surface area contributed by atoms with Crippen LogP contribution < -0.4 is 20.9 Å². The summed E-state index contributed by atoms with van der Waals surface area (Å²) < 4.78 is 12.9. The summed E-state index contributed by atoms with van der Waals surface area (Å²) in [7, 11) is 0. The molecule has 0 saturated carbocycles. The molecule has 7 nitrogen and oxygen atoms in total. The maximum Gasteiger partial charge on any atom is 0.258 e. The fourth-order valence-corrected chi connectivity index (χ4v) is 4.58. The van der Waals surface area contributed by atoms with E-state index >= 15 is 0 Å². The third-order valence-electron chi connectivity index (χ3n) is 5.98. The van der Waals surface area contributed by atoms with Crippen LogP contribution in [-0.4, -0.2) is 37.4 Å². The Morgan fingerprint density at radius 3 is 2.81 bits per heavy atom. The predicted molar refractivity (Wildman–Crippen MR) is 117 cm³/mol. The zero-order valence-electron chi connectivity index (χ0n) is 17.5. The first kappa shape index (κ1) is 21.4. The molecule has 8 heteroatoms. The highest BCUT2D eigenvalue weighted by molar-refractivity contribution is 6.30. The molecule has 1 aromatic carbocycles. The highest BCUT2D eigenvalue weighted by atomic mass is 35.5. The van der Waals surface area contributed by atoms with Crippen LogP contribution in [-0.2, 0) is 11.3 Å². The van der Waals surface area contributed by atoms with Crippen molar-refractivity contribution in [2.45, 2.75) is 25.8 Å². The number of aromatic nitrogens is 1. The van der Waals surface area contributed by atoms with Gasteiger partial charge in [-0.15, -0.1) is 0 Å². The number of pyridine rings is 1. The number of quaternary nitrogens is 1. The van der Waals surface area contributed by atoms with E-state index in [1.54, 1.807) is 22.8 Å². The van der Waals surface area contributed by atoms with Gasteiger partial charge in [0.1, 0.15) is 30.5 Å². The Bertz CT molecular complexity index is 1110. The lowest BCUT2D eigenvalue weighted by atomic mass is 9.84. The molecule has 0 radical (unpaired) electrons. The lowest BCUT2D eigenvalue weighted by Gasteiger charge is -2.28. The first-order chi connectivity index (χ1) is 15.0. The van der Waals surface area contributed by atoms with Crippen molar-refractivity contribution in [3.05, 3.63) is 74.0 Å². The van der Waals surface area contributed by atoms with Crippen LogP contribution in [0.5, 0.6) is 5.75 Å². The van der Waals surface area contributed by atoms with E-state index in [0.717, 1.165) is 50.5 Å². The quantitative estimate of drug-likeness (QED) is 0.730. The number of fused-ring (bicyclic) bond motifs is 1. The molecule has 1 aromatic heterocycles. The van der Waals surface area contributed by atoms with Crippen LogP contribution in [0, 0.1) is 18.3 Å². The molecule has 0 aliphatic carbocycles. The van der Waals surface area contributed by atoms with Crippen molar-refractivity contribution in [2.75, 3.05) is 32.8 Å². The summed E-state index contributed by atoms with van der Waals surface area (Å²) in [4.78, 5) is 15.1. The van der Waals surface area contributed by atoms with Gasteiger partial charge in [0.2, 0.25) is 5.88 Å². The van der Waals surface area contributed by atoms with Gasteiger partial charge in [-0.05, 0) is 24.6 Å². The summed E-state index contributed by atoms with van der Waals surface area (Å²) in [5.41, 5.74) is 8.09. The van der Waals surface area contributed by atoms with Crippen molar-refractivity contribution in [3.8, 4) is 11.8 Å². The van der Waals surface area contributed by atoms with Gasteiger partial charge in [-0.25, -0.2) is 0 Å². The second-order valence-electron chi connectivity index (χ2n) is 7.97. The smallest absolute Gasteiger partial charge is 0.258 e. The van der Waals surface area contributed by atoms with Crippen LogP contribution in [0.3, 0.4) is 0 Å². The zero-order chi connectivity index (χ0) is 22.0. The Morgan fingerprint density at radius 1 is 1.32 bits per heavy atom. The Morgan fingerprint density at radius 2 is 2.10 bits per heavy atom. The second-order valence-corrected chi connectivity index (χ2v) is 8.40. The molecule has 0 spiro atoms. The number of hydrogen-bond donors (Lipinski definition) is 2. The lowest BCUT2D eigenvalue weighted by Crippen LogP contribution is -3.14. The number of nitrogens with zero attached hydrogens (tertiary/aromatic N) is 2. The van der Waals surface area contributed by atoms with E-state index in [-0.39, 0.29) is 17.0 Å². The van der Waals surface area contributed by atoms with E-state index in [1.807, 2.05) is 19.1 Å². The molecule has 3 heterocycles. The van der Waals surface area contributed by atoms with Gasteiger partial charge in [-0.3, -0.25) is 4.79 Å². The molecule has 0 bridgehead atoms. The number of nitrogens with one attached hydrogen (secondary N) is 1. The number of hydrogen-bond acceptors (Lipinski definition) is 5. The van der Waals surface area contributed by atoms with Gasteiger partial charge in [0, 0.05) is 29.7 Å². The minimum atomic E-state index is -0.614. The number of allylic oxidation sites excluding steroid dienone is 1. The topological polar surface area (TPSA) is 94.7 Å². The van der Waals surface area contributed by atoms with Crippen molar-refractivity contribution < 1.29 is 14.4 Å². The van der Waals surface area contributed by atoms with Gasteiger partial charge in [0.15, 0.2) is 0 Å². The van der Waals surface area contributed by atoms with E-state index < -0.39 is 5.92 Å². The van der Waals surface area contributed by atoms with E-state index in [1.165, 1.54) is 4.90 Å². The van der Waals surface area contributed by atoms with Crippen molar-refractivity contribution in [1.29, 1.82) is 5.26 Å². The summed E-state index contributed by atoms with van der Waals surface area (Å²) >= 11 is 6.20. The van der Waals surface area contributed by atoms with Crippen molar-refractivity contribution in [1.82, 2.24) is 4.57 Å². The molecule has 2 aromatic rings. The largest absolute Gasteiger partial charge is 0.440 e. The number of halogens is 1. The molecule has 1 saturated heterocycles. The van der Waals surface area contributed by atoms with Crippen LogP contribution in [0.4, 0.5) is 0 Å². The van der Waals surface area contributed by atoms with Gasteiger partial charge in [-0.2, -0.15) is 5.26 Å². The van der Waals surface area contributed by atoms with Gasteiger partial charge in [-0.1, -0.05) is 23.7 Å². The maximum absolute atomic E-state index is 13.6. The normalized spacial score (nSPS) is 18.9. The molecule has 0 unspecified atom stereocenters. The van der Waals surface area contributed by atoms with Gasteiger partial charge in [0.25, 0.3) is 5.56 Å². The minimum absolute atomic E-state index is 0.0208. The Balaban J connectivity index is 1.70. The Labute approximate surface area is 186 Å². The third kappa shape index (κ3) is 4.33. The molecule has 31 heavy (non-hydrogen) atoms. The average molecular weight is 442 g/mol.